The van der Waals surface area contributed by atoms with Crippen molar-refractivity contribution < 1.29 is 4.39 Å². The number of hydrogen-bond donors (Lipinski definition) is 1. The Bertz CT molecular complexity index is 531. The van der Waals surface area contributed by atoms with Crippen molar-refractivity contribution in [2.24, 2.45) is 5.73 Å². The molecule has 17 heavy (non-hydrogen) atoms. The average molecular weight is 312 g/mol. The lowest BCUT2D eigenvalue weighted by Crippen LogP contribution is -2.01. The molecule has 0 aliphatic rings. The standard InChI is InChI=1S/C13H11BrFNS/c14-9-3-1-4-10(7-9)17-13-6-2-5-12(15)11(13)8-16/h1-7H,8,16H2. The summed E-state index contributed by atoms with van der Waals surface area (Å²) in [4.78, 5) is 1.92. The first-order valence-corrected chi connectivity index (χ1v) is 6.72. The topological polar surface area (TPSA) is 26.0 Å². The Labute approximate surface area is 112 Å². The first-order chi connectivity index (χ1) is 8.20. The summed E-state index contributed by atoms with van der Waals surface area (Å²) in [6.45, 7) is 0.211. The lowest BCUT2D eigenvalue weighted by Gasteiger charge is -2.08. The van der Waals surface area contributed by atoms with E-state index in [9.17, 15) is 4.39 Å². The molecule has 0 unspecified atom stereocenters. The van der Waals surface area contributed by atoms with E-state index >= 15 is 0 Å². The maximum Gasteiger partial charge on any atom is 0.128 e. The molecule has 0 amide bonds. The summed E-state index contributed by atoms with van der Waals surface area (Å²) in [5.74, 6) is -0.243. The van der Waals surface area contributed by atoms with Gasteiger partial charge in [-0.2, -0.15) is 0 Å². The van der Waals surface area contributed by atoms with Crippen LogP contribution in [0, 0.1) is 5.82 Å². The van der Waals surface area contributed by atoms with Crippen molar-refractivity contribution in [3.05, 3.63) is 58.3 Å². The van der Waals surface area contributed by atoms with Crippen LogP contribution < -0.4 is 5.73 Å². The summed E-state index contributed by atoms with van der Waals surface area (Å²) >= 11 is 4.93. The number of halogens is 2. The highest BCUT2D eigenvalue weighted by molar-refractivity contribution is 9.10. The molecule has 0 spiro atoms. The van der Waals surface area contributed by atoms with Gasteiger partial charge in [0.15, 0.2) is 0 Å². The molecule has 0 bridgehead atoms. The molecule has 88 valence electrons. The number of nitrogens with two attached hydrogens (primary N) is 1. The zero-order valence-corrected chi connectivity index (χ0v) is 11.4. The van der Waals surface area contributed by atoms with Gasteiger partial charge in [-0.3, -0.25) is 0 Å². The zero-order chi connectivity index (χ0) is 12.3. The van der Waals surface area contributed by atoms with Crippen LogP contribution in [0.1, 0.15) is 5.56 Å². The first kappa shape index (κ1) is 12.6. The molecule has 0 radical (unpaired) electrons. The van der Waals surface area contributed by atoms with Crippen LogP contribution in [0.3, 0.4) is 0 Å². The summed E-state index contributed by atoms with van der Waals surface area (Å²) in [5, 5.41) is 0. The van der Waals surface area contributed by atoms with Gasteiger partial charge in [0.1, 0.15) is 5.82 Å². The molecule has 2 aromatic rings. The number of rotatable bonds is 3. The van der Waals surface area contributed by atoms with E-state index in [4.69, 9.17) is 5.73 Å². The molecule has 0 aromatic heterocycles. The van der Waals surface area contributed by atoms with E-state index in [2.05, 4.69) is 15.9 Å². The van der Waals surface area contributed by atoms with Crippen LogP contribution in [0.4, 0.5) is 4.39 Å². The Morgan fingerprint density at radius 2 is 1.94 bits per heavy atom. The molecule has 0 fully saturated rings. The zero-order valence-electron chi connectivity index (χ0n) is 8.99. The Morgan fingerprint density at radius 1 is 1.18 bits per heavy atom. The predicted molar refractivity (Wildman–Crippen MR) is 72.6 cm³/mol. The predicted octanol–water partition coefficient (Wildman–Crippen LogP) is 4.20. The summed E-state index contributed by atoms with van der Waals surface area (Å²) in [6, 6.07) is 12.9. The van der Waals surface area contributed by atoms with Crippen molar-refractivity contribution in [2.75, 3.05) is 0 Å². The number of benzene rings is 2. The Balaban J connectivity index is 2.33. The molecule has 0 aliphatic carbocycles. The van der Waals surface area contributed by atoms with Crippen LogP contribution in [-0.4, -0.2) is 0 Å². The smallest absolute Gasteiger partial charge is 0.128 e. The van der Waals surface area contributed by atoms with Crippen LogP contribution in [0.2, 0.25) is 0 Å². The van der Waals surface area contributed by atoms with Crippen molar-refractivity contribution in [3.8, 4) is 0 Å². The van der Waals surface area contributed by atoms with Gasteiger partial charge >= 0.3 is 0 Å². The molecule has 0 saturated carbocycles. The van der Waals surface area contributed by atoms with Crippen LogP contribution in [0.5, 0.6) is 0 Å². The van der Waals surface area contributed by atoms with Crippen LogP contribution in [-0.2, 0) is 6.54 Å². The molecule has 2 aromatic carbocycles. The van der Waals surface area contributed by atoms with Gasteiger partial charge in [-0.1, -0.05) is 39.8 Å². The van der Waals surface area contributed by atoms with Gasteiger partial charge in [0.2, 0.25) is 0 Å². The van der Waals surface area contributed by atoms with Crippen molar-refractivity contribution in [1.29, 1.82) is 0 Å². The van der Waals surface area contributed by atoms with E-state index in [-0.39, 0.29) is 12.4 Å². The Kier molecular flexibility index (Phi) is 4.20. The highest BCUT2D eigenvalue weighted by atomic mass is 79.9. The summed E-state index contributed by atoms with van der Waals surface area (Å²) < 4.78 is 14.5. The van der Waals surface area contributed by atoms with Crippen LogP contribution >= 0.6 is 27.7 Å². The van der Waals surface area contributed by atoms with Gasteiger partial charge in [-0.05, 0) is 30.3 Å². The maximum atomic E-state index is 13.5. The third kappa shape index (κ3) is 3.09. The third-order valence-electron chi connectivity index (χ3n) is 2.30. The Morgan fingerprint density at radius 3 is 2.65 bits per heavy atom. The summed E-state index contributed by atoms with van der Waals surface area (Å²) in [6.07, 6.45) is 0. The number of hydrogen-bond acceptors (Lipinski definition) is 2. The molecule has 0 aliphatic heterocycles. The van der Waals surface area contributed by atoms with Gasteiger partial charge in [0, 0.05) is 26.4 Å². The molecule has 0 saturated heterocycles. The monoisotopic (exact) mass is 311 g/mol. The first-order valence-electron chi connectivity index (χ1n) is 5.11. The molecule has 1 nitrogen and oxygen atoms in total. The fraction of sp³-hybridized carbons (Fsp3) is 0.0769. The van der Waals surface area contributed by atoms with E-state index in [1.807, 2.05) is 30.3 Å². The minimum absolute atomic E-state index is 0.211. The fourth-order valence-corrected chi connectivity index (χ4v) is 3.08. The lowest BCUT2D eigenvalue weighted by molar-refractivity contribution is 0.604. The second-order valence-electron chi connectivity index (χ2n) is 3.48. The van der Waals surface area contributed by atoms with E-state index in [1.54, 1.807) is 6.07 Å². The molecule has 2 N–H and O–H groups in total. The lowest BCUT2D eigenvalue weighted by atomic mass is 10.2. The van der Waals surface area contributed by atoms with Crippen molar-refractivity contribution >= 4 is 27.7 Å². The summed E-state index contributed by atoms with van der Waals surface area (Å²) in [7, 11) is 0. The fourth-order valence-electron chi connectivity index (χ4n) is 1.49. The van der Waals surface area contributed by atoms with Crippen LogP contribution in [0.15, 0.2) is 56.7 Å². The normalized spacial score (nSPS) is 10.5. The molecular formula is C13H11BrFNS. The van der Waals surface area contributed by atoms with Crippen molar-refractivity contribution in [2.45, 2.75) is 16.3 Å². The molecule has 0 atom stereocenters. The van der Waals surface area contributed by atoms with Crippen molar-refractivity contribution in [3.63, 3.8) is 0 Å². The van der Waals surface area contributed by atoms with E-state index in [1.165, 1.54) is 17.8 Å². The molecule has 2 rings (SSSR count). The Hall–Kier alpha value is -0.840. The minimum Gasteiger partial charge on any atom is -0.326 e. The second kappa shape index (κ2) is 5.67. The van der Waals surface area contributed by atoms with E-state index < -0.39 is 0 Å². The largest absolute Gasteiger partial charge is 0.326 e. The SMILES string of the molecule is NCc1c(F)cccc1Sc1cccc(Br)c1. The quantitative estimate of drug-likeness (QED) is 0.919. The van der Waals surface area contributed by atoms with Gasteiger partial charge in [-0.25, -0.2) is 4.39 Å². The highest BCUT2D eigenvalue weighted by Gasteiger charge is 2.08. The van der Waals surface area contributed by atoms with Gasteiger partial charge < -0.3 is 5.73 Å². The van der Waals surface area contributed by atoms with Gasteiger partial charge in [-0.15, -0.1) is 0 Å². The highest BCUT2D eigenvalue weighted by Crippen LogP contribution is 2.32. The van der Waals surface area contributed by atoms with Crippen LogP contribution in [0.25, 0.3) is 0 Å². The second-order valence-corrected chi connectivity index (χ2v) is 5.51. The molecule has 0 heterocycles. The van der Waals surface area contributed by atoms with Crippen molar-refractivity contribution in [1.82, 2.24) is 0 Å². The molecular weight excluding hydrogens is 301 g/mol. The maximum absolute atomic E-state index is 13.5. The van der Waals surface area contributed by atoms with E-state index in [0.29, 0.717) is 5.56 Å². The van der Waals surface area contributed by atoms with E-state index in [0.717, 1.165) is 14.3 Å². The molecule has 4 heteroatoms. The van der Waals surface area contributed by atoms with Gasteiger partial charge in [0.25, 0.3) is 0 Å². The third-order valence-corrected chi connectivity index (χ3v) is 3.89. The van der Waals surface area contributed by atoms with Gasteiger partial charge in [0.05, 0.1) is 0 Å². The average Bonchev–Trinajstić information content (AvgIpc) is 2.29. The minimum atomic E-state index is -0.243. The summed E-state index contributed by atoms with van der Waals surface area (Å²) in [5.41, 5.74) is 6.14.